The van der Waals surface area contributed by atoms with E-state index in [0.29, 0.717) is 12.2 Å². The van der Waals surface area contributed by atoms with E-state index in [1.165, 1.54) is 5.56 Å². The van der Waals surface area contributed by atoms with Crippen molar-refractivity contribution >= 4 is 15.9 Å². The molecule has 5 rings (SSSR count). The van der Waals surface area contributed by atoms with Gasteiger partial charge < -0.3 is 14.6 Å². The van der Waals surface area contributed by atoms with E-state index in [-0.39, 0.29) is 5.92 Å². The van der Waals surface area contributed by atoms with Crippen molar-refractivity contribution in [2.45, 2.75) is 50.7 Å². The fourth-order valence-corrected chi connectivity index (χ4v) is 5.67. The molecule has 3 atom stereocenters. The van der Waals surface area contributed by atoms with Gasteiger partial charge in [-0.3, -0.25) is 0 Å². The number of ether oxygens (including phenoxy) is 2. The molecular weight excluding hydrogens is 452 g/mol. The lowest BCUT2D eigenvalue weighted by molar-refractivity contribution is -0.106. The van der Waals surface area contributed by atoms with Crippen molar-refractivity contribution in [2.75, 3.05) is 7.11 Å². The topological polar surface area (TPSA) is 38.7 Å². The van der Waals surface area contributed by atoms with Crippen LogP contribution in [0.25, 0.3) is 0 Å². The summed E-state index contributed by atoms with van der Waals surface area (Å²) < 4.78 is 13.3. The van der Waals surface area contributed by atoms with Crippen LogP contribution < -0.4 is 9.47 Å². The van der Waals surface area contributed by atoms with E-state index < -0.39 is 11.2 Å². The molecule has 2 aliphatic rings. The minimum absolute atomic E-state index is 0.0349. The largest absolute Gasteiger partial charge is 0.497 e. The highest BCUT2D eigenvalue weighted by molar-refractivity contribution is 9.10. The highest BCUT2D eigenvalue weighted by Crippen LogP contribution is 2.67. The van der Waals surface area contributed by atoms with Crippen LogP contribution in [0.3, 0.4) is 0 Å². The first-order valence-electron chi connectivity index (χ1n) is 10.9. The predicted octanol–water partition coefficient (Wildman–Crippen LogP) is 6.85. The number of rotatable bonds is 3. The fraction of sp³-hybridized carbons (Fsp3) is 0.333. The van der Waals surface area contributed by atoms with E-state index >= 15 is 0 Å². The number of fused-ring (bicyclic) bond motifs is 3. The summed E-state index contributed by atoms with van der Waals surface area (Å²) in [6.45, 7) is 6.02. The van der Waals surface area contributed by atoms with E-state index in [0.717, 1.165) is 33.3 Å². The van der Waals surface area contributed by atoms with Crippen LogP contribution in [0, 0.1) is 6.92 Å². The standard InChI is InChI=1S/C25H23BrO3.C2H6/c1-16-14-20(28-2)15-22-23(16)24(27)13-12-21(17-6-4-3-5-7-17)25(24,29-22)18-8-10-19(26)11-9-18;1-2/h3-11,14-15,21,27H,12-13H2,1-2H3;1-2H3. The molecule has 0 bridgehead atoms. The first kappa shape index (κ1) is 21.9. The van der Waals surface area contributed by atoms with Crippen molar-refractivity contribution in [3.8, 4) is 11.5 Å². The zero-order valence-corrected chi connectivity index (χ0v) is 20.1. The molecule has 3 nitrogen and oxygen atoms in total. The van der Waals surface area contributed by atoms with E-state index in [1.807, 2.05) is 51.1 Å². The molecular formula is C27H29BrO3. The second kappa shape index (κ2) is 8.33. The maximum atomic E-state index is 12.3. The molecule has 31 heavy (non-hydrogen) atoms. The zero-order chi connectivity index (χ0) is 22.2. The van der Waals surface area contributed by atoms with Crippen molar-refractivity contribution in [1.82, 2.24) is 0 Å². The first-order chi connectivity index (χ1) is 15.0. The van der Waals surface area contributed by atoms with Crippen LogP contribution in [-0.2, 0) is 11.2 Å². The Hall–Kier alpha value is -2.30. The van der Waals surface area contributed by atoms with Crippen LogP contribution in [-0.4, -0.2) is 12.2 Å². The van der Waals surface area contributed by atoms with Gasteiger partial charge in [0.25, 0.3) is 0 Å². The first-order valence-corrected chi connectivity index (χ1v) is 11.7. The molecule has 0 saturated heterocycles. The highest BCUT2D eigenvalue weighted by atomic mass is 79.9. The smallest absolute Gasteiger partial charge is 0.173 e. The molecule has 3 unspecified atom stereocenters. The summed E-state index contributed by atoms with van der Waals surface area (Å²) in [4.78, 5) is 0. The Kier molecular flexibility index (Phi) is 5.89. The SMILES string of the molecule is CC.COc1cc(C)c2c(c1)OC1(c3ccc(Br)cc3)C(c3ccccc3)CCC21O. The van der Waals surface area contributed by atoms with Gasteiger partial charge in [0, 0.05) is 22.0 Å². The van der Waals surface area contributed by atoms with E-state index in [4.69, 9.17) is 9.47 Å². The number of aliphatic hydroxyl groups is 1. The van der Waals surface area contributed by atoms with E-state index in [2.05, 4.69) is 52.3 Å². The summed E-state index contributed by atoms with van der Waals surface area (Å²) in [5.74, 6) is 1.49. The second-order valence-electron chi connectivity index (χ2n) is 8.02. The van der Waals surface area contributed by atoms with Crippen LogP contribution in [0.15, 0.2) is 71.2 Å². The minimum Gasteiger partial charge on any atom is -0.497 e. The molecule has 0 radical (unpaired) electrons. The van der Waals surface area contributed by atoms with Gasteiger partial charge in [-0.1, -0.05) is 72.2 Å². The number of methoxy groups -OCH3 is 1. The van der Waals surface area contributed by atoms with Crippen LogP contribution in [0.1, 0.15) is 54.9 Å². The van der Waals surface area contributed by atoms with Gasteiger partial charge >= 0.3 is 0 Å². The Bertz CT molecular complexity index is 1060. The normalized spacial score (nSPS) is 25.7. The third kappa shape index (κ3) is 3.19. The molecule has 1 heterocycles. The molecule has 1 aliphatic heterocycles. The van der Waals surface area contributed by atoms with Crippen LogP contribution in [0.2, 0.25) is 0 Å². The van der Waals surface area contributed by atoms with Crippen molar-refractivity contribution in [3.63, 3.8) is 0 Å². The molecule has 3 aromatic carbocycles. The maximum absolute atomic E-state index is 12.3. The monoisotopic (exact) mass is 480 g/mol. The number of aryl methyl sites for hydroxylation is 1. The highest BCUT2D eigenvalue weighted by Gasteiger charge is 2.68. The van der Waals surface area contributed by atoms with Crippen molar-refractivity contribution in [2.24, 2.45) is 0 Å². The maximum Gasteiger partial charge on any atom is 0.173 e. The third-order valence-electron chi connectivity index (χ3n) is 6.57. The molecule has 0 spiro atoms. The molecule has 1 fully saturated rings. The van der Waals surface area contributed by atoms with Gasteiger partial charge in [0.05, 0.1) is 7.11 Å². The molecule has 1 aliphatic carbocycles. The Morgan fingerprint density at radius 2 is 1.71 bits per heavy atom. The van der Waals surface area contributed by atoms with Gasteiger partial charge in [-0.2, -0.15) is 0 Å². The Balaban J connectivity index is 0.00000112. The predicted molar refractivity (Wildman–Crippen MR) is 128 cm³/mol. The van der Waals surface area contributed by atoms with Gasteiger partial charge in [-0.15, -0.1) is 0 Å². The van der Waals surface area contributed by atoms with Gasteiger partial charge in [0.2, 0.25) is 0 Å². The molecule has 3 aromatic rings. The van der Waals surface area contributed by atoms with E-state index in [1.54, 1.807) is 7.11 Å². The average molecular weight is 481 g/mol. The van der Waals surface area contributed by atoms with Gasteiger partial charge in [0.15, 0.2) is 5.60 Å². The number of hydrogen-bond donors (Lipinski definition) is 1. The average Bonchev–Trinajstić information content (AvgIpc) is 3.23. The lowest BCUT2D eigenvalue weighted by Crippen LogP contribution is -2.48. The molecule has 1 saturated carbocycles. The molecule has 1 N–H and O–H groups in total. The summed E-state index contributed by atoms with van der Waals surface area (Å²) in [6.07, 6.45) is 1.49. The Morgan fingerprint density at radius 1 is 1.03 bits per heavy atom. The van der Waals surface area contributed by atoms with Crippen LogP contribution in [0.4, 0.5) is 0 Å². The minimum atomic E-state index is -1.10. The lowest BCUT2D eigenvalue weighted by atomic mass is 9.71. The molecule has 0 aromatic heterocycles. The summed E-state index contributed by atoms with van der Waals surface area (Å²) in [5.41, 5.74) is 2.07. The van der Waals surface area contributed by atoms with Gasteiger partial charge in [-0.05, 0) is 54.7 Å². The third-order valence-corrected chi connectivity index (χ3v) is 7.10. The van der Waals surface area contributed by atoms with Crippen molar-refractivity contribution in [1.29, 1.82) is 0 Å². The summed E-state index contributed by atoms with van der Waals surface area (Å²) in [7, 11) is 1.66. The second-order valence-corrected chi connectivity index (χ2v) is 8.94. The molecule has 4 heteroatoms. The summed E-state index contributed by atoms with van der Waals surface area (Å²) >= 11 is 3.54. The summed E-state index contributed by atoms with van der Waals surface area (Å²) in [6, 6.07) is 22.5. The van der Waals surface area contributed by atoms with Crippen LogP contribution >= 0.6 is 15.9 Å². The zero-order valence-electron chi connectivity index (χ0n) is 18.5. The van der Waals surface area contributed by atoms with Crippen molar-refractivity contribution < 1.29 is 14.6 Å². The van der Waals surface area contributed by atoms with Gasteiger partial charge in [-0.25, -0.2) is 0 Å². The number of hydrogen-bond acceptors (Lipinski definition) is 3. The van der Waals surface area contributed by atoms with Crippen molar-refractivity contribution in [3.05, 3.63) is 93.5 Å². The Morgan fingerprint density at radius 3 is 2.35 bits per heavy atom. The molecule has 0 amide bonds. The number of halogens is 1. The molecule has 162 valence electrons. The van der Waals surface area contributed by atoms with Crippen LogP contribution in [0.5, 0.6) is 11.5 Å². The van der Waals surface area contributed by atoms with Gasteiger partial charge in [0.1, 0.15) is 17.1 Å². The quantitative estimate of drug-likeness (QED) is 0.445. The Labute approximate surface area is 193 Å². The van der Waals surface area contributed by atoms with E-state index in [9.17, 15) is 5.11 Å². The number of benzene rings is 3. The lowest BCUT2D eigenvalue weighted by Gasteiger charge is -2.40. The fourth-order valence-electron chi connectivity index (χ4n) is 5.40. The summed E-state index contributed by atoms with van der Waals surface area (Å²) in [5, 5.41) is 12.3.